The molecule has 3 rings (SSSR count). The monoisotopic (exact) mass is 259 g/mol. The number of carboxylic acids is 1. The maximum Gasteiger partial charge on any atom is 0.335 e. The minimum Gasteiger partial charge on any atom is -0.478 e. The van der Waals surface area contributed by atoms with Crippen molar-refractivity contribution in [3.63, 3.8) is 0 Å². The summed E-state index contributed by atoms with van der Waals surface area (Å²) in [7, 11) is 0. The molecule has 1 heterocycles. The number of carbonyl (C=O) groups is 1. The molecule has 98 valence electrons. The molecule has 3 N–H and O–H groups in total. The van der Waals surface area contributed by atoms with Crippen LogP contribution in [-0.4, -0.2) is 38.3 Å². The van der Waals surface area contributed by atoms with Crippen molar-refractivity contribution < 1.29 is 15.0 Å². The Kier molecular flexibility index (Phi) is 2.60. The van der Waals surface area contributed by atoms with Crippen LogP contribution in [0.4, 0.5) is 5.82 Å². The van der Waals surface area contributed by atoms with Gasteiger partial charge in [-0.15, -0.1) is 0 Å². The van der Waals surface area contributed by atoms with Crippen LogP contribution < -0.4 is 5.32 Å². The van der Waals surface area contributed by atoms with E-state index >= 15 is 0 Å². The lowest BCUT2D eigenvalue weighted by Crippen LogP contribution is -2.26. The Bertz CT molecular complexity index is 653. The molecule has 6 heteroatoms. The first kappa shape index (κ1) is 11.9. The zero-order chi connectivity index (χ0) is 13.5. The van der Waals surface area contributed by atoms with Crippen LogP contribution in [0, 0.1) is 0 Å². The summed E-state index contributed by atoms with van der Waals surface area (Å²) < 4.78 is 0. The molecule has 0 spiro atoms. The molecule has 0 saturated heterocycles. The number of benzene rings is 1. The molecule has 0 unspecified atom stereocenters. The van der Waals surface area contributed by atoms with E-state index in [4.69, 9.17) is 5.11 Å². The predicted octanol–water partition coefficient (Wildman–Crippen LogP) is 1.26. The van der Waals surface area contributed by atoms with E-state index in [2.05, 4.69) is 15.3 Å². The molecule has 0 radical (unpaired) electrons. The zero-order valence-electron chi connectivity index (χ0n) is 10.1. The number of hydrogen-bond donors (Lipinski definition) is 3. The van der Waals surface area contributed by atoms with Crippen molar-refractivity contribution >= 4 is 22.7 Å². The van der Waals surface area contributed by atoms with Gasteiger partial charge in [0.05, 0.1) is 23.2 Å². The van der Waals surface area contributed by atoms with Crippen LogP contribution >= 0.6 is 0 Å². The lowest BCUT2D eigenvalue weighted by Gasteiger charge is -2.16. The topological polar surface area (TPSA) is 95.3 Å². The van der Waals surface area contributed by atoms with Crippen LogP contribution in [0.5, 0.6) is 0 Å². The van der Waals surface area contributed by atoms with Crippen molar-refractivity contribution in [2.75, 3.05) is 11.9 Å². The number of nitrogens with one attached hydrogen (secondary N) is 1. The number of hydrogen-bond acceptors (Lipinski definition) is 5. The predicted molar refractivity (Wildman–Crippen MR) is 69.2 cm³/mol. The van der Waals surface area contributed by atoms with Crippen LogP contribution in [0.15, 0.2) is 24.5 Å². The minimum absolute atomic E-state index is 0.0612. The highest BCUT2D eigenvalue weighted by Crippen LogP contribution is 2.39. The summed E-state index contributed by atoms with van der Waals surface area (Å²) in [6, 6.07) is 4.73. The van der Waals surface area contributed by atoms with E-state index in [-0.39, 0.29) is 17.7 Å². The summed E-state index contributed by atoms with van der Waals surface area (Å²) in [6.07, 6.45) is 3.20. The van der Waals surface area contributed by atoms with Crippen LogP contribution in [0.3, 0.4) is 0 Å². The third-order valence-electron chi connectivity index (χ3n) is 3.42. The smallest absolute Gasteiger partial charge is 0.335 e. The number of aliphatic hydroxyl groups excluding tert-OH is 1. The lowest BCUT2D eigenvalue weighted by molar-refractivity contribution is 0.0697. The van der Waals surface area contributed by atoms with Gasteiger partial charge in [0, 0.05) is 5.39 Å². The maximum absolute atomic E-state index is 10.9. The van der Waals surface area contributed by atoms with E-state index in [1.165, 1.54) is 18.5 Å². The largest absolute Gasteiger partial charge is 0.478 e. The highest BCUT2D eigenvalue weighted by atomic mass is 16.4. The average Bonchev–Trinajstić information content (AvgIpc) is 3.19. The molecule has 6 nitrogen and oxygen atoms in total. The highest BCUT2D eigenvalue weighted by molar-refractivity contribution is 5.96. The first-order chi connectivity index (χ1) is 9.13. The van der Waals surface area contributed by atoms with E-state index in [1.807, 2.05) is 0 Å². The molecular formula is C13H13N3O3. The van der Waals surface area contributed by atoms with Gasteiger partial charge in [0.15, 0.2) is 0 Å². The Hall–Kier alpha value is -2.21. The molecule has 0 amide bonds. The Morgan fingerprint density at radius 1 is 1.37 bits per heavy atom. The number of rotatable bonds is 4. The van der Waals surface area contributed by atoms with Gasteiger partial charge in [-0.25, -0.2) is 14.8 Å². The Morgan fingerprint density at radius 2 is 2.16 bits per heavy atom. The van der Waals surface area contributed by atoms with Crippen LogP contribution in [0.2, 0.25) is 0 Å². The second-order valence-corrected chi connectivity index (χ2v) is 4.82. The Balaban J connectivity index is 2.03. The second-order valence-electron chi connectivity index (χ2n) is 4.82. The number of anilines is 1. The summed E-state index contributed by atoms with van der Waals surface area (Å²) in [5.74, 6) is -0.350. The summed E-state index contributed by atoms with van der Waals surface area (Å²) in [5, 5.41) is 22.3. The number of fused-ring (bicyclic) bond motifs is 1. The summed E-state index contributed by atoms with van der Waals surface area (Å²) in [5.41, 5.74) is 0.499. The first-order valence-electron chi connectivity index (χ1n) is 6.01. The number of carboxylic acid groups (broad SMARTS) is 1. The van der Waals surface area contributed by atoms with Gasteiger partial charge < -0.3 is 15.5 Å². The van der Waals surface area contributed by atoms with Crippen molar-refractivity contribution in [2.45, 2.75) is 18.4 Å². The van der Waals surface area contributed by atoms with Crippen molar-refractivity contribution in [2.24, 2.45) is 0 Å². The molecular weight excluding hydrogens is 246 g/mol. The zero-order valence-corrected chi connectivity index (χ0v) is 10.1. The fourth-order valence-electron chi connectivity index (χ4n) is 2.01. The third-order valence-corrected chi connectivity index (χ3v) is 3.42. The molecule has 0 atom stereocenters. The number of aliphatic hydroxyl groups is 1. The molecule has 1 aliphatic carbocycles. The fraction of sp³-hybridized carbons (Fsp3) is 0.308. The lowest BCUT2D eigenvalue weighted by atomic mass is 10.1. The highest BCUT2D eigenvalue weighted by Gasteiger charge is 2.42. The van der Waals surface area contributed by atoms with Crippen LogP contribution in [0.1, 0.15) is 23.2 Å². The van der Waals surface area contributed by atoms with Crippen molar-refractivity contribution in [1.82, 2.24) is 9.97 Å². The van der Waals surface area contributed by atoms with Crippen molar-refractivity contribution in [3.8, 4) is 0 Å². The van der Waals surface area contributed by atoms with E-state index in [1.54, 1.807) is 6.07 Å². The first-order valence-corrected chi connectivity index (χ1v) is 6.01. The van der Waals surface area contributed by atoms with Crippen molar-refractivity contribution in [1.29, 1.82) is 0 Å². The molecule has 1 aromatic heterocycles. The number of aromatic carboxylic acids is 1. The average molecular weight is 259 g/mol. The fourth-order valence-corrected chi connectivity index (χ4v) is 2.01. The molecule has 1 aliphatic rings. The molecule has 19 heavy (non-hydrogen) atoms. The summed E-state index contributed by atoms with van der Waals surface area (Å²) in [4.78, 5) is 19.2. The standard InChI is InChI=1S/C13H13N3O3/c17-6-13(3-4-13)16-11-9-2-1-8(12(18)19)5-10(9)14-7-15-11/h1-2,5,7,17H,3-4,6H2,(H,18,19)(H,14,15,16). The van der Waals surface area contributed by atoms with Gasteiger partial charge in [-0.05, 0) is 31.0 Å². The molecule has 1 fully saturated rings. The van der Waals surface area contributed by atoms with Gasteiger partial charge in [-0.2, -0.15) is 0 Å². The normalized spacial score (nSPS) is 16.3. The maximum atomic E-state index is 10.9. The quantitative estimate of drug-likeness (QED) is 0.765. The summed E-state index contributed by atoms with van der Waals surface area (Å²) >= 11 is 0. The van der Waals surface area contributed by atoms with E-state index in [0.717, 1.165) is 18.2 Å². The van der Waals surface area contributed by atoms with E-state index in [0.29, 0.717) is 11.3 Å². The molecule has 1 aromatic carbocycles. The molecule has 2 aromatic rings. The van der Waals surface area contributed by atoms with Gasteiger partial charge >= 0.3 is 5.97 Å². The van der Waals surface area contributed by atoms with Crippen LogP contribution in [0.25, 0.3) is 10.9 Å². The van der Waals surface area contributed by atoms with Gasteiger partial charge in [0.25, 0.3) is 0 Å². The minimum atomic E-state index is -0.982. The Labute approximate surface area is 109 Å². The van der Waals surface area contributed by atoms with Gasteiger partial charge in [-0.3, -0.25) is 0 Å². The van der Waals surface area contributed by atoms with Crippen molar-refractivity contribution in [3.05, 3.63) is 30.1 Å². The van der Waals surface area contributed by atoms with Crippen LogP contribution in [-0.2, 0) is 0 Å². The van der Waals surface area contributed by atoms with E-state index < -0.39 is 5.97 Å². The molecule has 1 saturated carbocycles. The third kappa shape index (κ3) is 2.10. The van der Waals surface area contributed by atoms with Gasteiger partial charge in [0.1, 0.15) is 12.1 Å². The summed E-state index contributed by atoms with van der Waals surface area (Å²) in [6.45, 7) is 0.0612. The van der Waals surface area contributed by atoms with Gasteiger partial charge in [0.2, 0.25) is 0 Å². The Morgan fingerprint density at radius 3 is 2.79 bits per heavy atom. The number of nitrogens with zero attached hydrogens (tertiary/aromatic N) is 2. The second kappa shape index (κ2) is 4.17. The SMILES string of the molecule is O=C(O)c1ccc2c(NC3(CO)CC3)ncnc2c1. The number of aromatic nitrogens is 2. The van der Waals surface area contributed by atoms with E-state index in [9.17, 15) is 9.90 Å². The molecule has 0 aliphatic heterocycles. The molecule has 0 bridgehead atoms. The van der Waals surface area contributed by atoms with Gasteiger partial charge in [-0.1, -0.05) is 0 Å².